The van der Waals surface area contributed by atoms with Gasteiger partial charge >= 0.3 is 0 Å². The van der Waals surface area contributed by atoms with Crippen molar-refractivity contribution in [3.05, 3.63) is 47.5 Å². The van der Waals surface area contributed by atoms with Crippen molar-refractivity contribution in [1.82, 2.24) is 5.32 Å². The van der Waals surface area contributed by atoms with Crippen LogP contribution < -0.4 is 5.32 Å². The molecule has 3 heteroatoms. The van der Waals surface area contributed by atoms with Crippen LogP contribution in [-0.4, -0.2) is 19.3 Å². The molecule has 3 atom stereocenters. The van der Waals surface area contributed by atoms with Crippen LogP contribution >= 0.6 is 11.6 Å². The summed E-state index contributed by atoms with van der Waals surface area (Å²) in [6.07, 6.45) is 5.31. The van der Waals surface area contributed by atoms with E-state index >= 15 is 0 Å². The van der Waals surface area contributed by atoms with Gasteiger partial charge in [-0.05, 0) is 48.8 Å². The van der Waals surface area contributed by atoms with Crippen molar-refractivity contribution in [2.24, 2.45) is 11.8 Å². The van der Waals surface area contributed by atoms with Gasteiger partial charge in [0, 0.05) is 23.7 Å². The van der Waals surface area contributed by atoms with Crippen LogP contribution in [0.4, 0.5) is 0 Å². The minimum absolute atomic E-state index is 0.360. The first kappa shape index (κ1) is 17.5. The van der Waals surface area contributed by atoms with E-state index < -0.39 is 0 Å². The van der Waals surface area contributed by atoms with E-state index in [9.17, 15) is 0 Å². The number of benzene rings is 1. The molecule has 2 rings (SSSR count). The van der Waals surface area contributed by atoms with Gasteiger partial charge in [0.25, 0.3) is 0 Å². The van der Waals surface area contributed by atoms with E-state index in [1.54, 1.807) is 0 Å². The molecule has 1 heterocycles. The molecule has 2 nitrogen and oxygen atoms in total. The lowest BCUT2D eigenvalue weighted by Crippen LogP contribution is -2.40. The lowest BCUT2D eigenvalue weighted by Gasteiger charge is -2.27. The largest absolute Gasteiger partial charge is 0.380 e. The summed E-state index contributed by atoms with van der Waals surface area (Å²) >= 11 is 6.03. The maximum absolute atomic E-state index is 6.03. The zero-order valence-electron chi connectivity index (χ0n) is 13.7. The Morgan fingerprint density at radius 1 is 1.27 bits per heavy atom. The molecule has 0 amide bonds. The zero-order valence-corrected chi connectivity index (χ0v) is 14.5. The lowest BCUT2D eigenvalue weighted by atomic mass is 9.93. The second kappa shape index (κ2) is 8.71. The number of rotatable bonds is 4. The van der Waals surface area contributed by atoms with Gasteiger partial charge in [0.15, 0.2) is 0 Å². The average Bonchev–Trinajstić information content (AvgIpc) is 2.59. The molecule has 1 aliphatic rings. The van der Waals surface area contributed by atoms with E-state index in [0.717, 1.165) is 37.5 Å². The van der Waals surface area contributed by atoms with Crippen molar-refractivity contribution in [3.63, 3.8) is 0 Å². The maximum atomic E-state index is 6.03. The Balaban J connectivity index is 2.15. The first-order valence-electron chi connectivity index (χ1n) is 8.30. The van der Waals surface area contributed by atoms with Crippen LogP contribution in [0.2, 0.25) is 5.02 Å². The molecular weight excluding hydrogens is 294 g/mol. The van der Waals surface area contributed by atoms with Crippen LogP contribution in [-0.2, 0) is 4.74 Å². The van der Waals surface area contributed by atoms with E-state index in [2.05, 4.69) is 37.9 Å². The third-order valence-corrected chi connectivity index (χ3v) is 4.76. The van der Waals surface area contributed by atoms with E-state index in [1.807, 2.05) is 18.2 Å². The monoisotopic (exact) mass is 321 g/mol. The van der Waals surface area contributed by atoms with E-state index in [4.69, 9.17) is 16.3 Å². The molecule has 1 N–H and O–H groups in total. The van der Waals surface area contributed by atoms with E-state index in [1.165, 1.54) is 5.56 Å². The Labute approximate surface area is 139 Å². The van der Waals surface area contributed by atoms with Gasteiger partial charge in [-0.3, -0.25) is 0 Å². The molecule has 122 valence electrons. The molecule has 0 spiro atoms. The summed E-state index contributed by atoms with van der Waals surface area (Å²) < 4.78 is 5.97. The summed E-state index contributed by atoms with van der Waals surface area (Å²) in [4.78, 5) is 0. The highest BCUT2D eigenvalue weighted by Crippen LogP contribution is 2.27. The average molecular weight is 322 g/mol. The van der Waals surface area contributed by atoms with Gasteiger partial charge in [-0.15, -0.1) is 6.58 Å². The molecule has 0 saturated carbocycles. The van der Waals surface area contributed by atoms with Gasteiger partial charge in [-0.25, -0.2) is 0 Å². The maximum Gasteiger partial charge on any atom is 0.0622 e. The minimum Gasteiger partial charge on any atom is -0.380 e. The second-order valence-electron chi connectivity index (χ2n) is 6.63. The quantitative estimate of drug-likeness (QED) is 0.788. The second-order valence-corrected chi connectivity index (χ2v) is 7.06. The highest BCUT2D eigenvalue weighted by molar-refractivity contribution is 6.30. The van der Waals surface area contributed by atoms with E-state index in [-0.39, 0.29) is 0 Å². The summed E-state index contributed by atoms with van der Waals surface area (Å²) in [6.45, 7) is 9.99. The highest BCUT2D eigenvalue weighted by atomic mass is 35.5. The van der Waals surface area contributed by atoms with Crippen molar-refractivity contribution in [3.8, 4) is 0 Å². The van der Waals surface area contributed by atoms with E-state index in [0.29, 0.717) is 23.9 Å². The summed E-state index contributed by atoms with van der Waals surface area (Å²) in [7, 11) is 0. The van der Waals surface area contributed by atoms with Gasteiger partial charge in [0.05, 0.1) is 6.61 Å². The first-order valence-corrected chi connectivity index (χ1v) is 8.68. The number of nitrogens with one attached hydrogen (secondary N) is 1. The first-order chi connectivity index (χ1) is 10.6. The third-order valence-electron chi connectivity index (χ3n) is 4.51. The molecule has 0 bridgehead atoms. The standard InChI is InChI=1S/C19H28ClNO/c1-4-5-15-6-11-18(16-7-9-17(20)10-8-16)21-19(14(2)3)13-22-12-15/h4,7-10,14-15,18-19,21H,1,5-6,11-13H2,2-3H3/t15-,18?,19?/m0/s1. The molecule has 1 fully saturated rings. The fraction of sp³-hybridized carbons (Fsp3) is 0.579. The number of hydrogen-bond acceptors (Lipinski definition) is 2. The zero-order chi connectivity index (χ0) is 15.9. The summed E-state index contributed by atoms with van der Waals surface area (Å²) in [5.41, 5.74) is 1.31. The van der Waals surface area contributed by atoms with Crippen LogP contribution in [0.5, 0.6) is 0 Å². The molecule has 0 aromatic heterocycles. The summed E-state index contributed by atoms with van der Waals surface area (Å²) in [5, 5.41) is 4.59. The topological polar surface area (TPSA) is 21.3 Å². The Hall–Kier alpha value is -0.830. The molecule has 22 heavy (non-hydrogen) atoms. The fourth-order valence-corrected chi connectivity index (χ4v) is 3.13. The Morgan fingerprint density at radius 3 is 2.64 bits per heavy atom. The number of allylic oxidation sites excluding steroid dienone is 1. The number of halogens is 1. The van der Waals surface area contributed by atoms with Gasteiger partial charge in [0.1, 0.15) is 0 Å². The van der Waals surface area contributed by atoms with Gasteiger partial charge < -0.3 is 10.1 Å². The SMILES string of the molecule is C=CC[C@H]1CCC(c2ccc(Cl)cc2)NC(C(C)C)COC1. The number of ether oxygens (including phenoxy) is 1. The van der Waals surface area contributed by atoms with Crippen molar-refractivity contribution in [2.45, 2.75) is 45.2 Å². The van der Waals surface area contributed by atoms with Crippen LogP contribution in [0.3, 0.4) is 0 Å². The molecule has 2 unspecified atom stereocenters. The normalized spacial score (nSPS) is 27.0. The Morgan fingerprint density at radius 2 is 2.00 bits per heavy atom. The molecule has 1 aromatic rings. The van der Waals surface area contributed by atoms with Crippen LogP contribution in [0.25, 0.3) is 0 Å². The molecule has 1 aromatic carbocycles. The summed E-state index contributed by atoms with van der Waals surface area (Å²) in [6, 6.07) is 8.97. The summed E-state index contributed by atoms with van der Waals surface area (Å²) in [5.74, 6) is 1.12. The Bertz CT molecular complexity index is 457. The lowest BCUT2D eigenvalue weighted by molar-refractivity contribution is 0.0752. The van der Waals surface area contributed by atoms with Crippen molar-refractivity contribution < 1.29 is 4.74 Å². The molecule has 1 saturated heterocycles. The van der Waals surface area contributed by atoms with Crippen LogP contribution in [0.15, 0.2) is 36.9 Å². The van der Waals surface area contributed by atoms with Crippen molar-refractivity contribution in [1.29, 1.82) is 0 Å². The Kier molecular flexibility index (Phi) is 6.94. The number of hydrogen-bond donors (Lipinski definition) is 1. The predicted octanol–water partition coefficient (Wildman–Crippen LogP) is 5.00. The van der Waals surface area contributed by atoms with Gasteiger partial charge in [-0.2, -0.15) is 0 Å². The molecule has 1 aliphatic heterocycles. The van der Waals surface area contributed by atoms with Gasteiger partial charge in [-0.1, -0.05) is 43.7 Å². The minimum atomic E-state index is 0.360. The van der Waals surface area contributed by atoms with Gasteiger partial charge in [0.2, 0.25) is 0 Å². The molecule has 0 radical (unpaired) electrons. The van der Waals surface area contributed by atoms with Crippen LogP contribution in [0, 0.1) is 11.8 Å². The highest BCUT2D eigenvalue weighted by Gasteiger charge is 2.23. The smallest absolute Gasteiger partial charge is 0.0622 e. The van der Waals surface area contributed by atoms with Crippen molar-refractivity contribution >= 4 is 11.6 Å². The van der Waals surface area contributed by atoms with Crippen LogP contribution in [0.1, 0.15) is 44.7 Å². The predicted molar refractivity (Wildman–Crippen MR) is 94.3 cm³/mol. The molecular formula is C19H28ClNO. The third kappa shape index (κ3) is 5.12. The fourth-order valence-electron chi connectivity index (χ4n) is 3.00. The van der Waals surface area contributed by atoms with Crippen molar-refractivity contribution in [2.75, 3.05) is 13.2 Å². The molecule has 0 aliphatic carbocycles.